The quantitative estimate of drug-likeness (QED) is 0.759. The average molecular weight is 283 g/mol. The van der Waals surface area contributed by atoms with E-state index in [-0.39, 0.29) is 6.03 Å². The van der Waals surface area contributed by atoms with Crippen LogP contribution in [0.2, 0.25) is 0 Å². The van der Waals surface area contributed by atoms with Crippen molar-refractivity contribution in [1.29, 1.82) is 0 Å². The first-order valence-corrected chi connectivity index (χ1v) is 6.36. The Hall–Kier alpha value is -3.02. The van der Waals surface area contributed by atoms with Gasteiger partial charge in [0.2, 0.25) is 0 Å². The summed E-state index contributed by atoms with van der Waals surface area (Å²) < 4.78 is 6.48. The summed E-state index contributed by atoms with van der Waals surface area (Å²) in [6.45, 7) is 0. The van der Waals surface area contributed by atoms with Gasteiger partial charge < -0.3 is 15.1 Å². The summed E-state index contributed by atoms with van der Waals surface area (Å²) in [6, 6.07) is 13.8. The molecule has 0 aliphatic heterocycles. The van der Waals surface area contributed by atoms with Crippen LogP contribution in [0, 0.1) is 0 Å². The van der Waals surface area contributed by atoms with Crippen LogP contribution in [0.15, 0.2) is 57.7 Å². The lowest BCUT2D eigenvalue weighted by Gasteiger charge is -2.07. The van der Waals surface area contributed by atoms with Gasteiger partial charge in [-0.3, -0.25) is 4.57 Å². The number of carbonyl (C=O) groups is 1. The Bertz CT molecular complexity index is 849. The molecule has 21 heavy (non-hydrogen) atoms. The zero-order valence-electron chi connectivity index (χ0n) is 11.3. The number of nitrogens with zero attached hydrogens (tertiary/aromatic N) is 1. The van der Waals surface area contributed by atoms with Crippen LogP contribution in [0.25, 0.3) is 11.1 Å². The predicted molar refractivity (Wildman–Crippen MR) is 80.5 cm³/mol. The smallest absolute Gasteiger partial charge is 0.408 e. The number of aryl methyl sites for hydroxylation is 1. The molecule has 2 N–H and O–H groups in total. The van der Waals surface area contributed by atoms with Gasteiger partial charge in [-0.25, -0.2) is 9.59 Å². The Kier molecular flexibility index (Phi) is 3.19. The van der Waals surface area contributed by atoms with E-state index in [4.69, 9.17) is 4.42 Å². The number of para-hydroxylation sites is 1. The third-order valence-corrected chi connectivity index (χ3v) is 3.08. The minimum atomic E-state index is -0.434. The molecule has 6 nitrogen and oxygen atoms in total. The van der Waals surface area contributed by atoms with Crippen LogP contribution < -0.4 is 16.4 Å². The molecule has 1 heterocycles. The highest BCUT2D eigenvalue weighted by atomic mass is 16.4. The minimum absolute atomic E-state index is 0.362. The molecule has 0 fully saturated rings. The molecular formula is C15H13N3O3. The molecule has 0 atom stereocenters. The Morgan fingerprint density at radius 1 is 1.05 bits per heavy atom. The lowest BCUT2D eigenvalue weighted by Crippen LogP contribution is -2.19. The number of anilines is 2. The maximum atomic E-state index is 11.9. The Morgan fingerprint density at radius 2 is 1.76 bits per heavy atom. The van der Waals surface area contributed by atoms with E-state index in [1.165, 1.54) is 4.57 Å². The number of hydrogen-bond acceptors (Lipinski definition) is 3. The van der Waals surface area contributed by atoms with Gasteiger partial charge in [0, 0.05) is 24.5 Å². The number of nitrogens with one attached hydrogen (secondary N) is 2. The van der Waals surface area contributed by atoms with Crippen molar-refractivity contribution in [3.8, 4) is 0 Å². The SMILES string of the molecule is Cn1c(=O)oc2cc(NC(=O)Nc3ccccc3)ccc21. The van der Waals surface area contributed by atoms with Crippen LogP contribution in [0.1, 0.15) is 0 Å². The Balaban J connectivity index is 1.78. The molecule has 0 spiro atoms. The third kappa shape index (κ3) is 2.64. The van der Waals surface area contributed by atoms with Crippen molar-refractivity contribution < 1.29 is 9.21 Å². The lowest BCUT2D eigenvalue weighted by atomic mass is 10.3. The standard InChI is InChI=1S/C15H13N3O3/c1-18-12-8-7-11(9-13(12)21-15(18)20)17-14(19)16-10-5-3-2-4-6-10/h2-9H,1H3,(H2,16,17,19). The number of benzene rings is 2. The fourth-order valence-electron chi connectivity index (χ4n) is 2.03. The molecule has 0 saturated carbocycles. The summed E-state index contributed by atoms with van der Waals surface area (Å²) in [5.74, 6) is -0.434. The molecule has 0 radical (unpaired) electrons. The van der Waals surface area contributed by atoms with E-state index in [0.717, 1.165) is 0 Å². The molecular weight excluding hydrogens is 270 g/mol. The second-order valence-corrected chi connectivity index (χ2v) is 4.55. The summed E-state index contributed by atoms with van der Waals surface area (Å²) in [6.07, 6.45) is 0. The van der Waals surface area contributed by atoms with Crippen molar-refractivity contribution in [2.45, 2.75) is 0 Å². The molecule has 0 aliphatic rings. The van der Waals surface area contributed by atoms with Gasteiger partial charge in [-0.05, 0) is 24.3 Å². The number of oxazole rings is 1. The lowest BCUT2D eigenvalue weighted by molar-refractivity contribution is 0.262. The monoisotopic (exact) mass is 283 g/mol. The van der Waals surface area contributed by atoms with E-state index >= 15 is 0 Å². The summed E-state index contributed by atoms with van der Waals surface area (Å²) in [7, 11) is 1.63. The van der Waals surface area contributed by atoms with Crippen molar-refractivity contribution in [2.75, 3.05) is 10.6 Å². The highest BCUT2D eigenvalue weighted by Gasteiger charge is 2.08. The summed E-state index contributed by atoms with van der Waals surface area (Å²) in [5, 5.41) is 5.40. The molecule has 106 valence electrons. The van der Waals surface area contributed by atoms with Gasteiger partial charge in [-0.1, -0.05) is 18.2 Å². The van der Waals surface area contributed by atoms with Crippen molar-refractivity contribution in [3.63, 3.8) is 0 Å². The van der Waals surface area contributed by atoms with Gasteiger partial charge in [0.25, 0.3) is 0 Å². The van der Waals surface area contributed by atoms with Crippen LogP contribution in [-0.2, 0) is 7.05 Å². The number of rotatable bonds is 2. The third-order valence-electron chi connectivity index (χ3n) is 3.08. The van der Waals surface area contributed by atoms with Gasteiger partial charge in [-0.2, -0.15) is 0 Å². The number of carbonyl (C=O) groups excluding carboxylic acids is 1. The van der Waals surface area contributed by atoms with Gasteiger partial charge in [0.1, 0.15) is 0 Å². The molecule has 3 aromatic rings. The maximum Gasteiger partial charge on any atom is 0.419 e. The molecule has 6 heteroatoms. The molecule has 2 aromatic carbocycles. The van der Waals surface area contributed by atoms with Crippen molar-refractivity contribution >= 4 is 28.5 Å². The van der Waals surface area contributed by atoms with E-state index in [9.17, 15) is 9.59 Å². The second-order valence-electron chi connectivity index (χ2n) is 4.55. The van der Waals surface area contributed by atoms with Gasteiger partial charge >= 0.3 is 11.8 Å². The zero-order valence-corrected chi connectivity index (χ0v) is 11.3. The van der Waals surface area contributed by atoms with Crippen LogP contribution in [-0.4, -0.2) is 10.6 Å². The van der Waals surface area contributed by atoms with Gasteiger partial charge in [-0.15, -0.1) is 0 Å². The zero-order chi connectivity index (χ0) is 14.8. The molecule has 0 unspecified atom stereocenters. The molecule has 0 saturated heterocycles. The molecule has 0 bridgehead atoms. The Labute approximate surface area is 120 Å². The molecule has 0 aliphatic carbocycles. The van der Waals surface area contributed by atoms with E-state index in [2.05, 4.69) is 10.6 Å². The largest absolute Gasteiger partial charge is 0.419 e. The molecule has 2 amide bonds. The topological polar surface area (TPSA) is 76.3 Å². The second kappa shape index (κ2) is 5.16. The van der Waals surface area contributed by atoms with Crippen molar-refractivity contribution in [3.05, 3.63) is 59.1 Å². The van der Waals surface area contributed by atoms with Crippen molar-refractivity contribution in [1.82, 2.24) is 4.57 Å². The normalized spacial score (nSPS) is 10.5. The molecule has 3 rings (SSSR count). The highest BCUT2D eigenvalue weighted by molar-refractivity contribution is 6.00. The van der Waals surface area contributed by atoms with Gasteiger partial charge in [0.15, 0.2) is 5.58 Å². The summed E-state index contributed by atoms with van der Waals surface area (Å²) in [4.78, 5) is 23.3. The van der Waals surface area contributed by atoms with Crippen LogP contribution >= 0.6 is 0 Å². The first-order valence-electron chi connectivity index (χ1n) is 6.36. The number of amides is 2. The number of fused-ring (bicyclic) bond motifs is 1. The van der Waals surface area contributed by atoms with E-state index in [1.54, 1.807) is 37.4 Å². The fraction of sp³-hybridized carbons (Fsp3) is 0.0667. The predicted octanol–water partition coefficient (Wildman–Crippen LogP) is 2.78. The number of hydrogen-bond donors (Lipinski definition) is 2. The Morgan fingerprint density at radius 3 is 2.52 bits per heavy atom. The summed E-state index contributed by atoms with van der Waals surface area (Å²) >= 11 is 0. The van der Waals surface area contributed by atoms with E-state index < -0.39 is 5.76 Å². The molecule has 1 aromatic heterocycles. The van der Waals surface area contributed by atoms with Crippen molar-refractivity contribution in [2.24, 2.45) is 7.05 Å². The maximum absolute atomic E-state index is 11.9. The summed E-state index contributed by atoms with van der Waals surface area (Å²) in [5.41, 5.74) is 2.35. The number of urea groups is 1. The van der Waals surface area contributed by atoms with E-state index in [1.807, 2.05) is 18.2 Å². The first kappa shape index (κ1) is 13.0. The first-order chi connectivity index (χ1) is 10.1. The van der Waals surface area contributed by atoms with Crippen LogP contribution in [0.4, 0.5) is 16.2 Å². The minimum Gasteiger partial charge on any atom is -0.408 e. The van der Waals surface area contributed by atoms with Crippen LogP contribution in [0.3, 0.4) is 0 Å². The van der Waals surface area contributed by atoms with Gasteiger partial charge in [0.05, 0.1) is 5.52 Å². The van der Waals surface area contributed by atoms with E-state index in [0.29, 0.717) is 22.5 Å². The average Bonchev–Trinajstić information content (AvgIpc) is 2.74. The fourth-order valence-corrected chi connectivity index (χ4v) is 2.03. The number of aromatic nitrogens is 1. The van der Waals surface area contributed by atoms with Crippen LogP contribution in [0.5, 0.6) is 0 Å². The highest BCUT2D eigenvalue weighted by Crippen LogP contribution is 2.18.